The van der Waals surface area contributed by atoms with Crippen molar-refractivity contribution in [2.45, 2.75) is 26.0 Å². The smallest absolute Gasteiger partial charge is 0.307 e. The van der Waals surface area contributed by atoms with Gasteiger partial charge < -0.3 is 14.5 Å². The van der Waals surface area contributed by atoms with Gasteiger partial charge in [-0.2, -0.15) is 5.10 Å². The Kier molecular flexibility index (Phi) is 4.96. The van der Waals surface area contributed by atoms with E-state index in [0.717, 1.165) is 18.8 Å². The zero-order valence-corrected chi connectivity index (χ0v) is 14.2. The maximum absolute atomic E-state index is 12.2. The molecule has 130 valence electrons. The second kappa shape index (κ2) is 7.14. The van der Waals surface area contributed by atoms with Crippen molar-refractivity contribution < 1.29 is 13.9 Å². The van der Waals surface area contributed by atoms with Crippen molar-refractivity contribution in [1.29, 1.82) is 0 Å². The fourth-order valence-corrected chi connectivity index (χ4v) is 3.09. The molecule has 0 unspecified atom stereocenters. The number of aromatic nitrogens is 3. The molecule has 0 spiro atoms. The maximum atomic E-state index is 12.2. The van der Waals surface area contributed by atoms with Crippen LogP contribution in [0.1, 0.15) is 35.1 Å². The SMILES string of the molecule is CCN1CCO[C@@H](CNC(=O)c2ncc(C)o2)[C@@H]1c1ccnn1C. The van der Waals surface area contributed by atoms with Crippen LogP contribution < -0.4 is 5.32 Å². The van der Waals surface area contributed by atoms with E-state index in [-0.39, 0.29) is 23.9 Å². The second-order valence-corrected chi connectivity index (χ2v) is 5.85. The number of rotatable bonds is 5. The topological polar surface area (TPSA) is 85.4 Å². The highest BCUT2D eigenvalue weighted by Gasteiger charge is 2.35. The summed E-state index contributed by atoms with van der Waals surface area (Å²) in [4.78, 5) is 18.4. The van der Waals surface area contributed by atoms with Crippen molar-refractivity contribution in [3.05, 3.63) is 35.8 Å². The van der Waals surface area contributed by atoms with E-state index in [1.807, 2.05) is 17.8 Å². The minimum absolute atomic E-state index is 0.0443. The van der Waals surface area contributed by atoms with Gasteiger partial charge in [0, 0.05) is 26.3 Å². The van der Waals surface area contributed by atoms with Gasteiger partial charge in [-0.25, -0.2) is 4.98 Å². The highest BCUT2D eigenvalue weighted by Crippen LogP contribution is 2.28. The summed E-state index contributed by atoms with van der Waals surface area (Å²) in [5.41, 5.74) is 1.07. The Labute approximate surface area is 140 Å². The van der Waals surface area contributed by atoms with Gasteiger partial charge in [0.2, 0.25) is 0 Å². The molecule has 3 rings (SSSR count). The maximum Gasteiger partial charge on any atom is 0.307 e. The Balaban J connectivity index is 1.72. The molecule has 1 N–H and O–H groups in total. The molecule has 8 nitrogen and oxygen atoms in total. The summed E-state index contributed by atoms with van der Waals surface area (Å²) < 4.78 is 13.1. The van der Waals surface area contributed by atoms with Crippen molar-refractivity contribution in [3.63, 3.8) is 0 Å². The number of hydrogen-bond acceptors (Lipinski definition) is 6. The van der Waals surface area contributed by atoms with Crippen LogP contribution in [0.15, 0.2) is 22.9 Å². The predicted molar refractivity (Wildman–Crippen MR) is 86.5 cm³/mol. The van der Waals surface area contributed by atoms with Crippen LogP contribution in [0.3, 0.4) is 0 Å². The standard InChI is InChI=1S/C16H23N5O3/c1-4-21-7-8-23-13(14(21)12-5-6-19-20(12)3)10-17-15(22)16-18-9-11(2)24-16/h5-6,9,13-14H,4,7-8,10H2,1-3H3,(H,17,22)/t13-,14-/m0/s1. The fourth-order valence-electron chi connectivity index (χ4n) is 3.09. The van der Waals surface area contributed by atoms with Crippen molar-refractivity contribution in [1.82, 2.24) is 25.0 Å². The van der Waals surface area contributed by atoms with Gasteiger partial charge in [-0.05, 0) is 19.5 Å². The van der Waals surface area contributed by atoms with Gasteiger partial charge in [-0.1, -0.05) is 6.92 Å². The summed E-state index contributed by atoms with van der Waals surface area (Å²) in [7, 11) is 1.92. The van der Waals surface area contributed by atoms with Crippen LogP contribution in [0.5, 0.6) is 0 Å². The Bertz CT molecular complexity index is 695. The first-order valence-electron chi connectivity index (χ1n) is 8.14. The minimum atomic E-state index is -0.330. The number of likely N-dealkylation sites (N-methyl/N-ethyl adjacent to an activating group) is 1. The Morgan fingerprint density at radius 2 is 2.33 bits per heavy atom. The number of aryl methyl sites for hydroxylation is 2. The summed E-state index contributed by atoms with van der Waals surface area (Å²) in [5.74, 6) is 0.357. The Hall–Kier alpha value is -2.19. The van der Waals surface area contributed by atoms with E-state index in [2.05, 4.69) is 27.2 Å². The first kappa shape index (κ1) is 16.7. The fraction of sp³-hybridized carbons (Fsp3) is 0.562. The van der Waals surface area contributed by atoms with Gasteiger partial charge in [0.25, 0.3) is 5.89 Å². The monoisotopic (exact) mass is 333 g/mol. The Morgan fingerprint density at radius 3 is 2.96 bits per heavy atom. The average Bonchev–Trinajstić information content (AvgIpc) is 3.20. The summed E-state index contributed by atoms with van der Waals surface area (Å²) in [6.07, 6.45) is 3.15. The zero-order valence-electron chi connectivity index (χ0n) is 14.2. The second-order valence-electron chi connectivity index (χ2n) is 5.85. The van der Waals surface area contributed by atoms with Crippen LogP contribution in [0, 0.1) is 6.92 Å². The van der Waals surface area contributed by atoms with Crippen LogP contribution in [0.2, 0.25) is 0 Å². The molecule has 1 amide bonds. The molecule has 2 aromatic rings. The van der Waals surface area contributed by atoms with E-state index in [1.54, 1.807) is 13.1 Å². The third-order valence-electron chi connectivity index (χ3n) is 4.30. The number of ether oxygens (including phenoxy) is 1. The minimum Gasteiger partial charge on any atom is -0.438 e. The number of morpholine rings is 1. The molecule has 0 bridgehead atoms. The molecule has 3 heterocycles. The van der Waals surface area contributed by atoms with E-state index < -0.39 is 0 Å². The van der Waals surface area contributed by atoms with E-state index in [4.69, 9.17) is 9.15 Å². The van der Waals surface area contributed by atoms with E-state index in [1.165, 1.54) is 6.20 Å². The predicted octanol–water partition coefficient (Wildman–Crippen LogP) is 0.908. The van der Waals surface area contributed by atoms with Gasteiger partial charge in [-0.3, -0.25) is 14.4 Å². The molecule has 2 atom stereocenters. The van der Waals surface area contributed by atoms with Crippen molar-refractivity contribution in [2.75, 3.05) is 26.2 Å². The quantitative estimate of drug-likeness (QED) is 0.875. The van der Waals surface area contributed by atoms with Crippen molar-refractivity contribution in [3.8, 4) is 0 Å². The lowest BCUT2D eigenvalue weighted by molar-refractivity contribution is -0.0709. The third-order valence-corrected chi connectivity index (χ3v) is 4.30. The molecular weight excluding hydrogens is 310 g/mol. The summed E-state index contributed by atoms with van der Waals surface area (Å²) in [6, 6.07) is 2.04. The molecule has 1 fully saturated rings. The lowest BCUT2D eigenvalue weighted by Gasteiger charge is -2.40. The first-order valence-corrected chi connectivity index (χ1v) is 8.14. The molecule has 1 aliphatic rings. The van der Waals surface area contributed by atoms with E-state index >= 15 is 0 Å². The normalized spacial score (nSPS) is 21.8. The molecule has 1 aliphatic heterocycles. The van der Waals surface area contributed by atoms with E-state index in [0.29, 0.717) is 18.9 Å². The number of nitrogens with one attached hydrogen (secondary N) is 1. The zero-order chi connectivity index (χ0) is 17.1. The first-order chi connectivity index (χ1) is 11.6. The van der Waals surface area contributed by atoms with Crippen LogP contribution in [-0.2, 0) is 11.8 Å². The number of carbonyl (C=O) groups excluding carboxylic acids is 1. The summed E-state index contributed by atoms with van der Waals surface area (Å²) >= 11 is 0. The van der Waals surface area contributed by atoms with Crippen molar-refractivity contribution in [2.24, 2.45) is 7.05 Å². The molecule has 0 radical (unpaired) electrons. The van der Waals surface area contributed by atoms with Gasteiger partial charge in [-0.15, -0.1) is 0 Å². The van der Waals surface area contributed by atoms with Gasteiger partial charge in [0.1, 0.15) is 5.76 Å². The van der Waals surface area contributed by atoms with Gasteiger partial charge in [0.05, 0.1) is 30.6 Å². The average molecular weight is 333 g/mol. The lowest BCUT2D eigenvalue weighted by atomic mass is 10.0. The summed E-state index contributed by atoms with van der Waals surface area (Å²) in [5, 5.41) is 7.12. The highest BCUT2D eigenvalue weighted by atomic mass is 16.5. The van der Waals surface area contributed by atoms with Crippen molar-refractivity contribution >= 4 is 5.91 Å². The molecule has 0 aromatic carbocycles. The molecule has 8 heteroatoms. The number of amides is 1. The van der Waals surface area contributed by atoms with Gasteiger partial charge >= 0.3 is 5.91 Å². The van der Waals surface area contributed by atoms with E-state index in [9.17, 15) is 4.79 Å². The van der Waals surface area contributed by atoms with Crippen LogP contribution in [0.25, 0.3) is 0 Å². The largest absolute Gasteiger partial charge is 0.438 e. The molecular formula is C16H23N5O3. The molecule has 0 saturated carbocycles. The number of oxazole rings is 1. The molecule has 24 heavy (non-hydrogen) atoms. The molecule has 1 saturated heterocycles. The van der Waals surface area contributed by atoms with Crippen LogP contribution in [0.4, 0.5) is 0 Å². The lowest BCUT2D eigenvalue weighted by Crippen LogP contribution is -2.50. The molecule has 0 aliphatic carbocycles. The van der Waals surface area contributed by atoms with Crippen LogP contribution >= 0.6 is 0 Å². The number of carbonyl (C=O) groups is 1. The van der Waals surface area contributed by atoms with Crippen LogP contribution in [-0.4, -0.2) is 57.9 Å². The number of nitrogens with zero attached hydrogens (tertiary/aromatic N) is 4. The Morgan fingerprint density at radius 1 is 1.50 bits per heavy atom. The number of hydrogen-bond donors (Lipinski definition) is 1. The van der Waals surface area contributed by atoms with Gasteiger partial charge in [0.15, 0.2) is 0 Å². The highest BCUT2D eigenvalue weighted by molar-refractivity contribution is 5.89. The summed E-state index contributed by atoms with van der Waals surface area (Å²) in [6.45, 7) is 6.66. The molecule has 2 aromatic heterocycles. The third kappa shape index (κ3) is 3.34.